The molecular formula is C102H136F12O9. The standard InChI is InChI=1S/C13H18O.C12H15F3O.2C11H13F3O.C11H14F2O.C11H15FO.3C11H16O/c1-5-12(14)10-7-6-8-11(9-10)13(2,3)4;1-8-5-9(11(2,3)4)7-10(6-8)16-12(13,14)15;1-10(2,3)8-5-4-6-9(7-8)15-11(12,13)14;1-10(2,3)8-6-4-5-7-9(8)15-11(12,13)14;1-11(2,3)8-4-6-9(7-5-8)14-10(12)13;1-11(2,3)9-6-5-8(13-4)7-10(9)12;1-11(2,3)9-5-7-10(12-4)8-6-9;1-11(2,3)9-6-5-7-10(8-9)12-4;1-11(2,3)9-7-5-6-8-10(9)12-4/h6-9H,5H2,1-4H3;5-7H,1-4H3;2*4-7H,1-3H3;4-7,10H,1-3H3;5-7H,1-4H3;3*5-8H,1-4H3. The molecule has 0 spiro atoms. The van der Waals surface area contributed by atoms with Crippen molar-refractivity contribution >= 4 is 5.78 Å². The van der Waals surface area contributed by atoms with E-state index in [0.717, 1.165) is 45.1 Å². The van der Waals surface area contributed by atoms with Gasteiger partial charge in [-0.25, -0.2) is 4.39 Å². The van der Waals surface area contributed by atoms with Crippen LogP contribution in [-0.2, 0) is 48.7 Å². The maximum Gasteiger partial charge on any atom is 0.573 e. The average Bonchev–Trinajstić information content (AvgIpc) is 0.835. The van der Waals surface area contributed by atoms with Gasteiger partial charge in [-0.15, -0.1) is 39.5 Å². The second-order valence-corrected chi connectivity index (χ2v) is 38.2. The van der Waals surface area contributed by atoms with Crippen LogP contribution in [0.4, 0.5) is 52.7 Å². The highest BCUT2D eigenvalue weighted by atomic mass is 19.4. The quantitative estimate of drug-likeness (QED) is 0.0927. The molecule has 0 heterocycles. The lowest BCUT2D eigenvalue weighted by atomic mass is 9.86. The van der Waals surface area contributed by atoms with E-state index in [4.69, 9.17) is 18.9 Å². The van der Waals surface area contributed by atoms with Crippen LogP contribution in [0.3, 0.4) is 0 Å². The molecule has 0 aliphatic rings. The Balaban J connectivity index is 0.000000693. The maximum atomic E-state index is 13.5. The second kappa shape index (κ2) is 47.3. The van der Waals surface area contributed by atoms with Crippen LogP contribution in [0, 0.1) is 12.7 Å². The van der Waals surface area contributed by atoms with Gasteiger partial charge >= 0.3 is 25.7 Å². The fourth-order valence-corrected chi connectivity index (χ4v) is 11.0. The Morgan fingerprint density at radius 2 is 0.626 bits per heavy atom. The number of benzene rings is 9. The number of alkyl halides is 11. The molecule has 0 atom stereocenters. The molecule has 0 saturated heterocycles. The van der Waals surface area contributed by atoms with Crippen LogP contribution < -0.4 is 37.9 Å². The number of aryl methyl sites for hydroxylation is 1. The lowest BCUT2D eigenvalue weighted by Crippen LogP contribution is -2.21. The number of ether oxygens (including phenoxy) is 8. The van der Waals surface area contributed by atoms with Gasteiger partial charge in [0.15, 0.2) is 5.78 Å². The van der Waals surface area contributed by atoms with Gasteiger partial charge in [0.25, 0.3) is 0 Å². The molecule has 9 aromatic carbocycles. The lowest BCUT2D eigenvalue weighted by molar-refractivity contribution is -0.276. The Morgan fingerprint density at radius 3 is 0.984 bits per heavy atom. The van der Waals surface area contributed by atoms with Gasteiger partial charge in [-0.1, -0.05) is 309 Å². The van der Waals surface area contributed by atoms with Gasteiger partial charge in [0.1, 0.15) is 51.8 Å². The van der Waals surface area contributed by atoms with Gasteiger partial charge in [-0.05, 0) is 196 Å². The summed E-state index contributed by atoms with van der Waals surface area (Å²) in [4.78, 5) is 11.5. The van der Waals surface area contributed by atoms with Crippen molar-refractivity contribution in [1.82, 2.24) is 0 Å². The van der Waals surface area contributed by atoms with Crippen molar-refractivity contribution in [1.29, 1.82) is 0 Å². The lowest BCUT2D eigenvalue weighted by Gasteiger charge is -2.22. The Labute approximate surface area is 727 Å². The Hall–Kier alpha value is -9.79. The van der Waals surface area contributed by atoms with E-state index >= 15 is 0 Å². The van der Waals surface area contributed by atoms with E-state index in [-0.39, 0.29) is 83.3 Å². The summed E-state index contributed by atoms with van der Waals surface area (Å²) in [6.45, 7) is 56.4. The Bertz CT molecular complexity index is 4580. The zero-order valence-electron chi connectivity index (χ0n) is 78.6. The topological polar surface area (TPSA) is 90.9 Å². The smallest absolute Gasteiger partial charge is 0.497 e. The molecule has 0 radical (unpaired) electrons. The number of hydrogen-bond donors (Lipinski definition) is 0. The highest BCUT2D eigenvalue weighted by Crippen LogP contribution is 2.38. The first-order valence-corrected chi connectivity index (χ1v) is 40.4. The first kappa shape index (κ1) is 111. The first-order chi connectivity index (χ1) is 55.9. The van der Waals surface area contributed by atoms with E-state index in [0.29, 0.717) is 23.3 Å². The second-order valence-electron chi connectivity index (χ2n) is 38.2. The molecule has 0 unspecified atom stereocenters. The summed E-state index contributed by atoms with van der Waals surface area (Å²) < 4.78 is 182. The van der Waals surface area contributed by atoms with Gasteiger partial charge in [-0.2, -0.15) is 8.78 Å². The minimum atomic E-state index is -4.64. The number of carbonyl (C=O) groups is 1. The molecule has 0 aliphatic heterocycles. The number of rotatable bonds is 11. The van der Waals surface area contributed by atoms with E-state index in [1.165, 1.54) is 71.8 Å². The molecule has 9 rings (SSSR count). The number of methoxy groups -OCH3 is 4. The van der Waals surface area contributed by atoms with Crippen LogP contribution in [0.5, 0.6) is 46.0 Å². The third-order valence-corrected chi connectivity index (χ3v) is 18.1. The van der Waals surface area contributed by atoms with Crippen LogP contribution in [0.1, 0.15) is 266 Å². The van der Waals surface area contributed by atoms with E-state index < -0.39 is 25.7 Å². The molecule has 0 saturated carbocycles. The third-order valence-electron chi connectivity index (χ3n) is 18.1. The van der Waals surface area contributed by atoms with E-state index in [2.05, 4.69) is 159 Å². The molecular weight excluding hydrogens is 1600 g/mol. The predicted molar refractivity (Wildman–Crippen MR) is 478 cm³/mol. The van der Waals surface area contributed by atoms with Crippen molar-refractivity contribution < 1.29 is 95.4 Å². The number of para-hydroxylation sites is 2. The van der Waals surface area contributed by atoms with Gasteiger partial charge < -0.3 is 37.9 Å². The van der Waals surface area contributed by atoms with Gasteiger partial charge in [0.2, 0.25) is 0 Å². The number of halogens is 12. The number of ketones is 1. The van der Waals surface area contributed by atoms with Crippen LogP contribution in [-0.4, -0.2) is 59.9 Å². The molecule has 0 amide bonds. The van der Waals surface area contributed by atoms with Crippen molar-refractivity contribution in [2.24, 2.45) is 0 Å². The van der Waals surface area contributed by atoms with Crippen molar-refractivity contribution in [3.05, 3.63) is 273 Å². The summed E-state index contributed by atoms with van der Waals surface area (Å²) in [6, 6.07) is 61.1. The molecule has 682 valence electrons. The summed E-state index contributed by atoms with van der Waals surface area (Å²) >= 11 is 0. The number of hydrogen-bond acceptors (Lipinski definition) is 9. The van der Waals surface area contributed by atoms with E-state index in [1.54, 1.807) is 88.9 Å². The molecule has 9 aromatic rings. The third kappa shape index (κ3) is 44.9. The molecule has 0 aliphatic carbocycles. The van der Waals surface area contributed by atoms with Crippen molar-refractivity contribution in [3.63, 3.8) is 0 Å². The molecule has 21 heteroatoms. The summed E-state index contributed by atoms with van der Waals surface area (Å²) in [7, 11) is 6.63. The van der Waals surface area contributed by atoms with Crippen molar-refractivity contribution in [3.8, 4) is 46.0 Å². The van der Waals surface area contributed by atoms with Gasteiger partial charge in [0.05, 0.1) is 28.4 Å². The maximum absolute atomic E-state index is 13.5. The molecule has 0 N–H and O–H groups in total. The largest absolute Gasteiger partial charge is 0.573 e. The van der Waals surface area contributed by atoms with Crippen LogP contribution in [0.2, 0.25) is 0 Å². The zero-order valence-corrected chi connectivity index (χ0v) is 78.6. The average molecular weight is 1730 g/mol. The SMILES string of the molecule is CC(C)(C)c1ccc(OC(F)F)cc1.CC(C)(C)c1cccc(OC(F)(F)F)c1.CC(C)(C)c1ccccc1OC(F)(F)F.CCC(=O)c1cccc(C(C)(C)C)c1.COc1ccc(C(C)(C)C)c(F)c1.COc1ccc(C(C)(C)C)cc1.COc1cccc(C(C)(C)C)c1.COc1ccccc1C(C)(C)C.Cc1cc(OC(F)(F)F)cc(C(C)(C)C)c1. The fraction of sp³-hybridized carbons (Fsp3) is 0.461. The molecule has 9 nitrogen and oxygen atoms in total. The van der Waals surface area contributed by atoms with Crippen molar-refractivity contribution in [2.45, 2.75) is 282 Å². The Morgan fingerprint density at radius 1 is 0.293 bits per heavy atom. The fourth-order valence-electron chi connectivity index (χ4n) is 11.0. The summed E-state index contributed by atoms with van der Waals surface area (Å²) in [5.74, 6) is 3.15. The molecule has 0 bridgehead atoms. The van der Waals surface area contributed by atoms with Crippen LogP contribution in [0.25, 0.3) is 0 Å². The number of Topliss-reactive ketones (excluding diaryl/α,β-unsaturated/α-hetero) is 1. The monoisotopic (exact) mass is 1730 g/mol. The summed E-state index contributed by atoms with van der Waals surface area (Å²) in [6.07, 6.45) is -13.3. The highest BCUT2D eigenvalue weighted by Gasteiger charge is 2.35. The normalized spacial score (nSPS) is 11.9. The van der Waals surface area contributed by atoms with Crippen LogP contribution in [0.15, 0.2) is 206 Å². The zero-order chi connectivity index (χ0) is 95.1. The minimum absolute atomic E-state index is 0.0311. The summed E-state index contributed by atoms with van der Waals surface area (Å²) in [5, 5.41) is 0. The summed E-state index contributed by atoms with van der Waals surface area (Å²) in [5.41, 5.74) is 10.5. The molecule has 0 fully saturated rings. The van der Waals surface area contributed by atoms with Gasteiger partial charge in [0, 0.05) is 18.1 Å². The van der Waals surface area contributed by atoms with Crippen LogP contribution >= 0.6 is 0 Å². The molecule has 123 heavy (non-hydrogen) atoms. The Kier molecular flexibility index (Phi) is 42.8. The first-order valence-electron chi connectivity index (χ1n) is 40.4. The van der Waals surface area contributed by atoms with E-state index in [1.807, 2.05) is 157 Å². The highest BCUT2D eigenvalue weighted by molar-refractivity contribution is 5.96. The van der Waals surface area contributed by atoms with E-state index in [9.17, 15) is 57.5 Å². The van der Waals surface area contributed by atoms with Gasteiger partial charge in [-0.3, -0.25) is 4.79 Å². The predicted octanol–water partition coefficient (Wildman–Crippen LogP) is 31.2. The molecule has 0 aromatic heterocycles. The van der Waals surface area contributed by atoms with Crippen molar-refractivity contribution in [2.75, 3.05) is 28.4 Å². The minimum Gasteiger partial charge on any atom is -0.497 e. The number of carbonyl (C=O) groups excluding carboxylic acids is 1.